The lowest BCUT2D eigenvalue weighted by Crippen LogP contribution is -2.59. The number of alkyl halides is 1. The first-order valence-electron chi connectivity index (χ1n) is 13.5. The number of hydrogen-bond acceptors (Lipinski definition) is 8. The molecule has 10 heteroatoms. The van der Waals surface area contributed by atoms with Gasteiger partial charge in [-0.2, -0.15) is 0 Å². The van der Waals surface area contributed by atoms with Gasteiger partial charge in [0.2, 0.25) is 6.29 Å². The van der Waals surface area contributed by atoms with Crippen molar-refractivity contribution in [1.29, 1.82) is 0 Å². The second-order valence-electron chi connectivity index (χ2n) is 9.55. The first-order chi connectivity index (χ1) is 20.5. The van der Waals surface area contributed by atoms with Crippen molar-refractivity contribution in [3.05, 3.63) is 132 Å². The minimum absolute atomic E-state index is 0.0562. The Hall–Kier alpha value is -3.56. The number of rotatable bonds is 13. The molecule has 5 rings (SSSR count). The minimum atomic E-state index is -4.54. The topological polar surface area (TPSA) is 92.7 Å². The third kappa shape index (κ3) is 8.04. The number of phosphoric acid groups is 1. The highest BCUT2D eigenvalue weighted by Crippen LogP contribution is 2.52. The zero-order chi connectivity index (χ0) is 29.2. The fourth-order valence-electron chi connectivity index (χ4n) is 4.43. The van der Waals surface area contributed by atoms with Crippen molar-refractivity contribution in [2.45, 2.75) is 44.0 Å². The molecule has 0 aliphatic carbocycles. The Kier molecular flexibility index (Phi) is 10.4. The summed E-state index contributed by atoms with van der Waals surface area (Å²) in [6, 6.07) is 35.1. The first kappa shape index (κ1) is 29.9. The summed E-state index contributed by atoms with van der Waals surface area (Å²) in [5.41, 5.74) is 1.66. The molecule has 1 N–H and O–H groups in total. The van der Waals surface area contributed by atoms with E-state index in [1.54, 1.807) is 60.7 Å². The predicted molar refractivity (Wildman–Crippen MR) is 154 cm³/mol. The summed E-state index contributed by atoms with van der Waals surface area (Å²) in [6.45, 7) is -0.358. The Bertz CT molecular complexity index is 1350. The lowest BCUT2D eigenvalue weighted by molar-refractivity contribution is -0.285. The highest BCUT2D eigenvalue weighted by atomic mass is 31.2. The van der Waals surface area contributed by atoms with Gasteiger partial charge in [0.05, 0.1) is 19.8 Å². The number of aliphatic hydroxyl groups is 1. The molecule has 1 fully saturated rings. The van der Waals surface area contributed by atoms with Crippen molar-refractivity contribution in [3.63, 3.8) is 0 Å². The molecule has 220 valence electrons. The molecule has 4 aromatic carbocycles. The zero-order valence-electron chi connectivity index (χ0n) is 22.7. The predicted octanol–water partition coefficient (Wildman–Crippen LogP) is 6.50. The second-order valence-corrected chi connectivity index (χ2v) is 11.0. The molecule has 1 aliphatic rings. The average Bonchev–Trinajstić information content (AvgIpc) is 3.02. The summed E-state index contributed by atoms with van der Waals surface area (Å²) in [5.74, 6) is 0.366. The monoisotopic (exact) mass is 594 g/mol. The van der Waals surface area contributed by atoms with Crippen LogP contribution < -0.4 is 9.05 Å². The van der Waals surface area contributed by atoms with Gasteiger partial charge in [0.15, 0.2) is 6.17 Å². The van der Waals surface area contributed by atoms with Crippen LogP contribution in [0.2, 0.25) is 0 Å². The molecule has 8 nitrogen and oxygen atoms in total. The number of phosphoric ester groups is 1. The van der Waals surface area contributed by atoms with Gasteiger partial charge in [0.25, 0.3) is 0 Å². The zero-order valence-corrected chi connectivity index (χ0v) is 23.6. The van der Waals surface area contributed by atoms with E-state index in [4.69, 9.17) is 27.8 Å². The first-order valence-corrected chi connectivity index (χ1v) is 15.0. The van der Waals surface area contributed by atoms with Crippen LogP contribution >= 0.6 is 7.82 Å². The molecule has 0 bridgehead atoms. The molecule has 1 heterocycles. The molecule has 1 saturated heterocycles. The van der Waals surface area contributed by atoms with Crippen LogP contribution in [0.4, 0.5) is 4.39 Å². The third-order valence-electron chi connectivity index (χ3n) is 6.48. The highest BCUT2D eigenvalue weighted by Gasteiger charge is 2.52. The smallest absolute Gasteiger partial charge is 0.395 e. The van der Waals surface area contributed by atoms with Gasteiger partial charge in [0, 0.05) is 0 Å². The second kappa shape index (κ2) is 14.6. The lowest BCUT2D eigenvalue weighted by Gasteiger charge is -2.42. The Labute approximate surface area is 244 Å². The van der Waals surface area contributed by atoms with Crippen LogP contribution in [0, 0.1) is 0 Å². The molecule has 0 spiro atoms. The largest absolute Gasteiger partial charge is 0.590 e. The van der Waals surface area contributed by atoms with E-state index in [2.05, 4.69) is 0 Å². The number of ether oxygens (including phenoxy) is 3. The van der Waals surface area contributed by atoms with E-state index < -0.39 is 45.2 Å². The quantitative estimate of drug-likeness (QED) is 0.176. The van der Waals surface area contributed by atoms with E-state index in [9.17, 15) is 9.67 Å². The van der Waals surface area contributed by atoms with Gasteiger partial charge in [-0.1, -0.05) is 97.1 Å². The number of aliphatic hydroxyl groups excluding tert-OH is 1. The van der Waals surface area contributed by atoms with Crippen LogP contribution in [0.5, 0.6) is 11.5 Å². The van der Waals surface area contributed by atoms with Gasteiger partial charge in [-0.05, 0) is 35.4 Å². The van der Waals surface area contributed by atoms with Gasteiger partial charge in [0.1, 0.15) is 29.8 Å². The van der Waals surface area contributed by atoms with Crippen LogP contribution in [0.1, 0.15) is 11.1 Å². The van der Waals surface area contributed by atoms with Gasteiger partial charge < -0.3 is 28.4 Å². The molecular formula is C32H32FO8P. The molecule has 4 aromatic rings. The molecule has 0 saturated carbocycles. The van der Waals surface area contributed by atoms with Crippen molar-refractivity contribution in [2.75, 3.05) is 6.61 Å². The van der Waals surface area contributed by atoms with Crippen LogP contribution in [-0.4, -0.2) is 42.5 Å². The van der Waals surface area contributed by atoms with Gasteiger partial charge in [-0.3, -0.25) is 0 Å². The SMILES string of the molecule is O=P(Oc1ccccc1)(Oc1ccccc1)O[C@H]1O[C@H](CO)[C@@H](OCc2ccccc2)[C@H](OCc2ccccc2)[C@H]1F. The van der Waals surface area contributed by atoms with Crippen molar-refractivity contribution in [1.82, 2.24) is 0 Å². The van der Waals surface area contributed by atoms with Gasteiger partial charge >= 0.3 is 7.82 Å². The molecule has 5 atom stereocenters. The van der Waals surface area contributed by atoms with Gasteiger partial charge in [-0.15, -0.1) is 0 Å². The standard InChI is InChI=1S/C32H32FO8P/c33-29-31(37-23-25-15-7-2-8-16-25)30(36-22-24-13-5-1-6-14-24)28(21-34)38-32(29)41-42(35,39-26-17-9-3-10-18-26)40-27-19-11-4-12-20-27/h1-20,28-32,34H,21-23H2/t28-,29-,30-,31-,32-/m1/s1. The Morgan fingerprint density at radius 2 is 1.10 bits per heavy atom. The maximum absolute atomic E-state index is 16.3. The number of para-hydroxylation sites is 2. The maximum atomic E-state index is 16.3. The number of hydrogen-bond donors (Lipinski definition) is 1. The maximum Gasteiger partial charge on any atom is 0.590 e. The van der Waals surface area contributed by atoms with Crippen LogP contribution in [0.3, 0.4) is 0 Å². The van der Waals surface area contributed by atoms with E-state index in [0.717, 1.165) is 11.1 Å². The van der Waals surface area contributed by atoms with Crippen LogP contribution in [0.15, 0.2) is 121 Å². The summed E-state index contributed by atoms with van der Waals surface area (Å²) < 4.78 is 65.3. The van der Waals surface area contributed by atoms with Gasteiger partial charge in [-0.25, -0.2) is 13.5 Å². The molecule has 1 aliphatic heterocycles. The molecule has 0 amide bonds. The summed E-state index contributed by atoms with van der Waals surface area (Å²) in [4.78, 5) is 0. The highest BCUT2D eigenvalue weighted by molar-refractivity contribution is 7.49. The van der Waals surface area contributed by atoms with E-state index in [1.165, 1.54) is 0 Å². The molecule has 42 heavy (non-hydrogen) atoms. The molecule has 0 radical (unpaired) electrons. The minimum Gasteiger partial charge on any atom is -0.395 e. The summed E-state index contributed by atoms with van der Waals surface area (Å²) in [6.07, 6.45) is -7.12. The summed E-state index contributed by atoms with van der Waals surface area (Å²) in [5, 5.41) is 10.3. The van der Waals surface area contributed by atoms with Crippen molar-refractivity contribution < 1.29 is 41.8 Å². The number of halogens is 1. The summed E-state index contributed by atoms with van der Waals surface area (Å²) in [7, 11) is -4.54. The fraction of sp³-hybridized carbons (Fsp3) is 0.250. The Morgan fingerprint density at radius 3 is 1.55 bits per heavy atom. The Balaban J connectivity index is 1.40. The molecule has 0 unspecified atom stereocenters. The number of benzene rings is 4. The van der Waals surface area contributed by atoms with E-state index >= 15 is 4.39 Å². The molecule has 0 aromatic heterocycles. The normalized spacial score (nSPS) is 22.4. The van der Waals surface area contributed by atoms with Crippen LogP contribution in [0.25, 0.3) is 0 Å². The van der Waals surface area contributed by atoms with Crippen molar-refractivity contribution in [2.24, 2.45) is 0 Å². The Morgan fingerprint density at radius 1 is 0.667 bits per heavy atom. The van der Waals surface area contributed by atoms with Crippen LogP contribution in [-0.2, 0) is 36.5 Å². The van der Waals surface area contributed by atoms with Crippen molar-refractivity contribution in [3.8, 4) is 11.5 Å². The van der Waals surface area contributed by atoms with Crippen molar-refractivity contribution >= 4 is 7.82 Å². The third-order valence-corrected chi connectivity index (χ3v) is 7.81. The van der Waals surface area contributed by atoms with E-state index in [0.29, 0.717) is 0 Å². The van der Waals surface area contributed by atoms with E-state index in [1.807, 2.05) is 60.7 Å². The average molecular weight is 595 g/mol. The molecular weight excluding hydrogens is 562 g/mol. The fourth-order valence-corrected chi connectivity index (χ4v) is 5.74. The summed E-state index contributed by atoms with van der Waals surface area (Å²) >= 11 is 0. The van der Waals surface area contributed by atoms with E-state index in [-0.39, 0.29) is 24.7 Å². The lowest BCUT2D eigenvalue weighted by atomic mass is 9.99.